The highest BCUT2D eigenvalue weighted by atomic mass is 19.1. The molecule has 0 radical (unpaired) electrons. The highest BCUT2D eigenvalue weighted by Gasteiger charge is 2.13. The topological polar surface area (TPSA) is 62.5 Å². The molecule has 0 bridgehead atoms. The van der Waals surface area contributed by atoms with E-state index in [9.17, 15) is 13.6 Å². The van der Waals surface area contributed by atoms with Gasteiger partial charge < -0.3 is 14.8 Å². The SMILES string of the molecule is CC(Cc1c(F)cccc1F)NCc1cc(C(=O)O)co1. The van der Waals surface area contributed by atoms with Crippen LogP contribution in [0.25, 0.3) is 0 Å². The Bertz CT molecular complexity index is 619. The van der Waals surface area contributed by atoms with Gasteiger partial charge in [-0.05, 0) is 31.5 Å². The van der Waals surface area contributed by atoms with Crippen molar-refractivity contribution in [3.05, 3.63) is 59.1 Å². The number of rotatable bonds is 6. The minimum absolute atomic E-state index is 0.0307. The van der Waals surface area contributed by atoms with E-state index in [1.165, 1.54) is 24.3 Å². The van der Waals surface area contributed by atoms with Gasteiger partial charge in [-0.25, -0.2) is 13.6 Å². The number of hydrogen-bond acceptors (Lipinski definition) is 3. The van der Waals surface area contributed by atoms with Crippen LogP contribution in [0.5, 0.6) is 0 Å². The molecule has 0 spiro atoms. The molecule has 2 N–H and O–H groups in total. The maximum absolute atomic E-state index is 13.5. The van der Waals surface area contributed by atoms with Gasteiger partial charge in [0.1, 0.15) is 23.7 Å². The number of aromatic carboxylic acids is 1. The Kier molecular flexibility index (Phi) is 4.70. The summed E-state index contributed by atoms with van der Waals surface area (Å²) < 4.78 is 32.1. The summed E-state index contributed by atoms with van der Waals surface area (Å²) >= 11 is 0. The van der Waals surface area contributed by atoms with E-state index in [2.05, 4.69) is 5.32 Å². The van der Waals surface area contributed by atoms with Crippen LogP contribution in [0.15, 0.2) is 34.9 Å². The zero-order valence-electron chi connectivity index (χ0n) is 11.4. The normalized spacial score (nSPS) is 12.3. The van der Waals surface area contributed by atoms with Gasteiger partial charge in [0.15, 0.2) is 0 Å². The fourth-order valence-electron chi connectivity index (χ4n) is 1.97. The first-order valence-electron chi connectivity index (χ1n) is 6.44. The number of nitrogens with one attached hydrogen (secondary N) is 1. The monoisotopic (exact) mass is 295 g/mol. The van der Waals surface area contributed by atoms with Crippen LogP contribution in [-0.4, -0.2) is 17.1 Å². The Morgan fingerprint density at radius 2 is 2.05 bits per heavy atom. The average molecular weight is 295 g/mol. The lowest BCUT2D eigenvalue weighted by atomic mass is 10.1. The summed E-state index contributed by atoms with van der Waals surface area (Å²) in [5.74, 6) is -1.76. The van der Waals surface area contributed by atoms with Crippen LogP contribution in [-0.2, 0) is 13.0 Å². The quantitative estimate of drug-likeness (QED) is 0.860. The molecule has 0 saturated heterocycles. The predicted octanol–water partition coefficient (Wildman–Crippen LogP) is 2.98. The van der Waals surface area contributed by atoms with Gasteiger partial charge in [-0.1, -0.05) is 6.07 Å². The van der Waals surface area contributed by atoms with Crippen LogP contribution in [0.2, 0.25) is 0 Å². The summed E-state index contributed by atoms with van der Waals surface area (Å²) in [4.78, 5) is 10.7. The van der Waals surface area contributed by atoms with Crippen molar-refractivity contribution >= 4 is 5.97 Å². The van der Waals surface area contributed by atoms with E-state index in [1.807, 2.05) is 0 Å². The molecule has 1 atom stereocenters. The van der Waals surface area contributed by atoms with E-state index < -0.39 is 17.6 Å². The first-order valence-corrected chi connectivity index (χ1v) is 6.44. The van der Waals surface area contributed by atoms with Crippen molar-refractivity contribution in [2.75, 3.05) is 0 Å². The van der Waals surface area contributed by atoms with Crippen LogP contribution in [0.4, 0.5) is 8.78 Å². The summed E-state index contributed by atoms with van der Waals surface area (Å²) in [6.07, 6.45) is 1.34. The number of carbonyl (C=O) groups is 1. The molecular weight excluding hydrogens is 280 g/mol. The summed E-state index contributed by atoms with van der Waals surface area (Å²) in [6, 6.07) is 4.97. The van der Waals surface area contributed by atoms with Gasteiger partial charge in [-0.15, -0.1) is 0 Å². The van der Waals surface area contributed by atoms with Crippen LogP contribution < -0.4 is 5.32 Å². The van der Waals surface area contributed by atoms with Crippen LogP contribution in [0.3, 0.4) is 0 Å². The zero-order valence-corrected chi connectivity index (χ0v) is 11.4. The lowest BCUT2D eigenvalue weighted by Crippen LogP contribution is -2.28. The number of carboxylic acids is 1. The molecule has 1 aromatic heterocycles. The van der Waals surface area contributed by atoms with Gasteiger partial charge in [0.2, 0.25) is 0 Å². The minimum Gasteiger partial charge on any atom is -0.478 e. The molecule has 2 aromatic rings. The third-order valence-corrected chi connectivity index (χ3v) is 3.10. The van der Waals surface area contributed by atoms with Crippen LogP contribution in [0.1, 0.15) is 28.6 Å². The second-order valence-electron chi connectivity index (χ2n) is 4.79. The van der Waals surface area contributed by atoms with Crippen molar-refractivity contribution in [2.45, 2.75) is 25.9 Å². The van der Waals surface area contributed by atoms with Gasteiger partial charge in [0.05, 0.1) is 12.1 Å². The third kappa shape index (κ3) is 3.88. The molecule has 2 rings (SSSR count). The van der Waals surface area contributed by atoms with Gasteiger partial charge in [-0.3, -0.25) is 0 Å². The summed E-state index contributed by atoms with van der Waals surface area (Å²) in [5, 5.41) is 11.8. The van der Waals surface area contributed by atoms with E-state index in [-0.39, 0.29) is 30.1 Å². The van der Waals surface area contributed by atoms with E-state index >= 15 is 0 Å². The highest BCUT2D eigenvalue weighted by molar-refractivity contribution is 5.87. The highest BCUT2D eigenvalue weighted by Crippen LogP contribution is 2.14. The Morgan fingerprint density at radius 1 is 1.38 bits per heavy atom. The third-order valence-electron chi connectivity index (χ3n) is 3.10. The molecule has 6 heteroatoms. The lowest BCUT2D eigenvalue weighted by Gasteiger charge is -2.14. The molecule has 112 valence electrons. The number of furan rings is 1. The lowest BCUT2D eigenvalue weighted by molar-refractivity contribution is 0.0696. The fourth-order valence-corrected chi connectivity index (χ4v) is 1.97. The van der Waals surface area contributed by atoms with Crippen molar-refractivity contribution in [2.24, 2.45) is 0 Å². The Hall–Kier alpha value is -2.21. The first kappa shape index (κ1) is 15.2. The van der Waals surface area contributed by atoms with Crippen LogP contribution >= 0.6 is 0 Å². The molecule has 0 amide bonds. The number of halogens is 2. The van der Waals surface area contributed by atoms with Gasteiger partial charge in [-0.2, -0.15) is 0 Å². The number of hydrogen-bond donors (Lipinski definition) is 2. The van der Waals surface area contributed by atoms with Gasteiger partial charge in [0, 0.05) is 11.6 Å². The zero-order chi connectivity index (χ0) is 15.4. The Labute approximate surface area is 120 Å². The molecule has 0 aliphatic rings. The standard InChI is InChI=1S/C15H15F2NO3/c1-9(5-12-13(16)3-2-4-14(12)17)18-7-11-6-10(8-21-11)15(19)20/h2-4,6,8-9,18H,5,7H2,1H3,(H,19,20). The van der Waals surface area contributed by atoms with Crippen molar-refractivity contribution in [1.29, 1.82) is 0 Å². The van der Waals surface area contributed by atoms with Crippen molar-refractivity contribution in [3.8, 4) is 0 Å². The van der Waals surface area contributed by atoms with E-state index in [4.69, 9.17) is 9.52 Å². The molecule has 0 fully saturated rings. The number of carboxylic acid groups (broad SMARTS) is 1. The maximum Gasteiger partial charge on any atom is 0.338 e. The average Bonchev–Trinajstić information content (AvgIpc) is 2.90. The Morgan fingerprint density at radius 3 is 2.62 bits per heavy atom. The van der Waals surface area contributed by atoms with E-state index in [0.717, 1.165) is 6.26 Å². The maximum atomic E-state index is 13.5. The van der Waals surface area contributed by atoms with E-state index in [1.54, 1.807) is 6.92 Å². The number of benzene rings is 1. The molecule has 1 heterocycles. The van der Waals surface area contributed by atoms with Crippen molar-refractivity contribution in [3.63, 3.8) is 0 Å². The molecule has 4 nitrogen and oxygen atoms in total. The summed E-state index contributed by atoms with van der Waals surface area (Å²) in [5.41, 5.74) is 0.0998. The largest absolute Gasteiger partial charge is 0.478 e. The molecule has 1 aromatic carbocycles. The van der Waals surface area contributed by atoms with Crippen molar-refractivity contribution < 1.29 is 23.1 Å². The smallest absolute Gasteiger partial charge is 0.338 e. The summed E-state index contributed by atoms with van der Waals surface area (Å²) in [7, 11) is 0. The molecule has 0 aliphatic heterocycles. The second-order valence-corrected chi connectivity index (χ2v) is 4.79. The van der Waals surface area contributed by atoms with Crippen molar-refractivity contribution in [1.82, 2.24) is 5.32 Å². The predicted molar refractivity (Wildman–Crippen MR) is 72.0 cm³/mol. The molecule has 1 unspecified atom stereocenters. The first-order chi connectivity index (χ1) is 9.97. The fraction of sp³-hybridized carbons (Fsp3) is 0.267. The van der Waals surface area contributed by atoms with Crippen LogP contribution in [0, 0.1) is 11.6 Å². The molecule has 21 heavy (non-hydrogen) atoms. The van der Waals surface area contributed by atoms with Gasteiger partial charge in [0.25, 0.3) is 0 Å². The molecule has 0 aliphatic carbocycles. The molecular formula is C15H15F2NO3. The summed E-state index contributed by atoms with van der Waals surface area (Å²) in [6.45, 7) is 2.07. The second kappa shape index (κ2) is 6.49. The minimum atomic E-state index is -1.06. The Balaban J connectivity index is 1.92. The van der Waals surface area contributed by atoms with Gasteiger partial charge >= 0.3 is 5.97 Å². The molecule has 0 saturated carbocycles. The van der Waals surface area contributed by atoms with E-state index in [0.29, 0.717) is 5.76 Å².